The molecule has 252 valence electrons. The van der Waals surface area contributed by atoms with Gasteiger partial charge in [0, 0.05) is 26.2 Å². The summed E-state index contributed by atoms with van der Waals surface area (Å²) in [7, 11) is 1.53. The molecule has 0 amide bonds. The van der Waals surface area contributed by atoms with Crippen molar-refractivity contribution in [2.75, 3.05) is 33.5 Å². The average Bonchev–Trinajstić information content (AvgIpc) is 3.44. The van der Waals surface area contributed by atoms with Crippen LogP contribution in [-0.2, 0) is 38.7 Å². The Morgan fingerprint density at radius 3 is 1.49 bits per heavy atom. The summed E-state index contributed by atoms with van der Waals surface area (Å²) in [6.45, 7) is 8.14. The molecule has 0 saturated carbocycles. The Bertz CT molecular complexity index is 1750. The van der Waals surface area contributed by atoms with E-state index in [-0.39, 0.29) is 26.4 Å². The molecule has 0 aromatic heterocycles. The van der Waals surface area contributed by atoms with Crippen molar-refractivity contribution in [3.05, 3.63) is 145 Å². The fraction of sp³-hybridized carbons (Fsp3) is 0.225. The van der Waals surface area contributed by atoms with Gasteiger partial charge in [-0.05, 0) is 57.6 Å². The SMILES string of the molecule is C=CC(=O)OCC(COc1ccc(C2(c3ccc(OCC(COC(=O)C=C)OC(C)=O)cc3)c3ccccc3-c3ccccc32)cc1)OC. The molecule has 49 heavy (non-hydrogen) atoms. The van der Waals surface area contributed by atoms with E-state index in [4.69, 9.17) is 28.4 Å². The summed E-state index contributed by atoms with van der Waals surface area (Å²) in [6, 6.07) is 32.6. The number of fused-ring (bicyclic) bond motifs is 3. The Hall–Kier alpha value is -5.67. The third kappa shape index (κ3) is 7.74. The molecule has 0 heterocycles. The Balaban J connectivity index is 1.44. The Morgan fingerprint density at radius 2 is 1.06 bits per heavy atom. The summed E-state index contributed by atoms with van der Waals surface area (Å²) in [4.78, 5) is 34.7. The predicted octanol–water partition coefficient (Wildman–Crippen LogP) is 6.21. The average molecular weight is 663 g/mol. The topological polar surface area (TPSA) is 107 Å². The van der Waals surface area contributed by atoms with E-state index < -0.39 is 35.5 Å². The molecule has 9 heteroatoms. The number of hydrogen-bond acceptors (Lipinski definition) is 9. The highest BCUT2D eigenvalue weighted by atomic mass is 16.6. The lowest BCUT2D eigenvalue weighted by molar-refractivity contribution is -0.156. The highest BCUT2D eigenvalue weighted by Crippen LogP contribution is 2.56. The summed E-state index contributed by atoms with van der Waals surface area (Å²) in [5.41, 5.74) is 5.97. The second-order valence-electron chi connectivity index (χ2n) is 11.3. The van der Waals surface area contributed by atoms with Crippen molar-refractivity contribution in [3.63, 3.8) is 0 Å². The van der Waals surface area contributed by atoms with Crippen molar-refractivity contribution in [2.24, 2.45) is 0 Å². The lowest BCUT2D eigenvalue weighted by Crippen LogP contribution is -2.30. The summed E-state index contributed by atoms with van der Waals surface area (Å²) < 4.78 is 32.9. The number of carbonyl (C=O) groups is 3. The van der Waals surface area contributed by atoms with Gasteiger partial charge in [-0.3, -0.25) is 4.79 Å². The van der Waals surface area contributed by atoms with Gasteiger partial charge >= 0.3 is 17.9 Å². The standard InChI is InChI=1S/C40H38O9/c1-5-38(42)47-24-32(44-4)23-45-30-19-15-28(16-20-30)40(36-13-9-7-11-34(36)35-12-8-10-14-37(35)40)29-17-21-31(22-18-29)46-25-33(49-27(3)41)26-48-39(43)6-2/h5-22,32-33H,1-2,23-26H2,3-4H3. The molecule has 0 spiro atoms. The maximum absolute atomic E-state index is 11.6. The van der Waals surface area contributed by atoms with Crippen LogP contribution in [0.15, 0.2) is 122 Å². The van der Waals surface area contributed by atoms with E-state index >= 15 is 0 Å². The highest BCUT2D eigenvalue weighted by Gasteiger charge is 2.45. The van der Waals surface area contributed by atoms with E-state index in [0.29, 0.717) is 11.5 Å². The normalized spacial score (nSPS) is 13.5. The zero-order chi connectivity index (χ0) is 34.8. The van der Waals surface area contributed by atoms with Crippen LogP contribution < -0.4 is 9.47 Å². The van der Waals surface area contributed by atoms with Crippen LogP contribution in [0.25, 0.3) is 11.1 Å². The van der Waals surface area contributed by atoms with Crippen LogP contribution in [-0.4, -0.2) is 63.7 Å². The first kappa shape index (κ1) is 34.7. The predicted molar refractivity (Wildman–Crippen MR) is 183 cm³/mol. The fourth-order valence-corrected chi connectivity index (χ4v) is 6.01. The van der Waals surface area contributed by atoms with Crippen LogP contribution in [0.1, 0.15) is 29.2 Å². The first-order valence-electron chi connectivity index (χ1n) is 15.7. The minimum Gasteiger partial charge on any atom is -0.491 e. The number of carbonyl (C=O) groups excluding carboxylic acids is 3. The summed E-state index contributed by atoms with van der Waals surface area (Å²) in [5, 5.41) is 0. The molecule has 9 nitrogen and oxygen atoms in total. The first-order chi connectivity index (χ1) is 23.8. The number of hydrogen-bond donors (Lipinski definition) is 0. The quantitative estimate of drug-likeness (QED) is 0.0693. The molecule has 4 aromatic carbocycles. The van der Waals surface area contributed by atoms with Gasteiger partial charge in [0.2, 0.25) is 0 Å². The number of benzene rings is 4. The molecule has 0 saturated heterocycles. The molecular weight excluding hydrogens is 624 g/mol. The van der Waals surface area contributed by atoms with Gasteiger partial charge in [-0.15, -0.1) is 0 Å². The highest BCUT2D eigenvalue weighted by molar-refractivity contribution is 5.86. The second-order valence-corrected chi connectivity index (χ2v) is 11.3. The molecule has 1 aliphatic rings. The largest absolute Gasteiger partial charge is 0.491 e. The van der Waals surface area contributed by atoms with E-state index in [2.05, 4.69) is 49.6 Å². The van der Waals surface area contributed by atoms with Crippen molar-refractivity contribution in [1.29, 1.82) is 0 Å². The molecular formula is C40H38O9. The van der Waals surface area contributed by atoms with Gasteiger partial charge in [0.05, 0.1) is 5.41 Å². The molecule has 1 aliphatic carbocycles. The molecule has 2 atom stereocenters. The van der Waals surface area contributed by atoms with Crippen molar-refractivity contribution >= 4 is 17.9 Å². The molecule has 0 radical (unpaired) electrons. The van der Waals surface area contributed by atoms with Crippen molar-refractivity contribution in [1.82, 2.24) is 0 Å². The van der Waals surface area contributed by atoms with Crippen LogP contribution in [0.2, 0.25) is 0 Å². The number of ether oxygens (including phenoxy) is 6. The third-order valence-electron chi connectivity index (χ3n) is 8.22. The second kappa shape index (κ2) is 16.0. The molecule has 2 unspecified atom stereocenters. The van der Waals surface area contributed by atoms with Gasteiger partial charge < -0.3 is 28.4 Å². The number of rotatable bonds is 16. The van der Waals surface area contributed by atoms with Crippen molar-refractivity contribution in [3.8, 4) is 22.6 Å². The molecule has 0 fully saturated rings. The lowest BCUT2D eigenvalue weighted by atomic mass is 9.68. The Morgan fingerprint density at radius 1 is 0.633 bits per heavy atom. The van der Waals surface area contributed by atoms with Crippen LogP contribution in [0.3, 0.4) is 0 Å². The lowest BCUT2D eigenvalue weighted by Gasteiger charge is -2.34. The molecule has 5 rings (SSSR count). The van der Waals surface area contributed by atoms with Gasteiger partial charge in [-0.25, -0.2) is 9.59 Å². The first-order valence-corrected chi connectivity index (χ1v) is 15.7. The van der Waals surface area contributed by atoms with E-state index in [9.17, 15) is 14.4 Å². The van der Waals surface area contributed by atoms with E-state index in [1.165, 1.54) is 14.0 Å². The van der Waals surface area contributed by atoms with Crippen molar-refractivity contribution in [2.45, 2.75) is 24.5 Å². The van der Waals surface area contributed by atoms with E-state index in [1.54, 1.807) is 0 Å². The Kier molecular flexibility index (Phi) is 11.3. The molecule has 0 N–H and O–H groups in total. The van der Waals surface area contributed by atoms with Gasteiger partial charge in [0.25, 0.3) is 0 Å². The zero-order valence-corrected chi connectivity index (χ0v) is 27.5. The van der Waals surface area contributed by atoms with Gasteiger partial charge in [0.15, 0.2) is 6.10 Å². The monoisotopic (exact) mass is 662 g/mol. The maximum Gasteiger partial charge on any atom is 0.330 e. The summed E-state index contributed by atoms with van der Waals surface area (Å²) in [6.07, 6.45) is 0.914. The zero-order valence-electron chi connectivity index (χ0n) is 27.5. The summed E-state index contributed by atoms with van der Waals surface area (Å²) >= 11 is 0. The van der Waals surface area contributed by atoms with Gasteiger partial charge in [-0.2, -0.15) is 0 Å². The van der Waals surface area contributed by atoms with Gasteiger partial charge in [-0.1, -0.05) is 86.0 Å². The molecule has 0 bridgehead atoms. The summed E-state index contributed by atoms with van der Waals surface area (Å²) in [5.74, 6) is -0.454. The molecule has 4 aromatic rings. The van der Waals surface area contributed by atoms with Crippen LogP contribution in [0.5, 0.6) is 11.5 Å². The van der Waals surface area contributed by atoms with Crippen LogP contribution in [0, 0.1) is 0 Å². The third-order valence-corrected chi connectivity index (χ3v) is 8.22. The van der Waals surface area contributed by atoms with E-state index in [0.717, 1.165) is 45.5 Å². The minimum atomic E-state index is -0.789. The van der Waals surface area contributed by atoms with E-state index in [1.807, 2.05) is 60.7 Å². The maximum atomic E-state index is 11.6. The minimum absolute atomic E-state index is 0.0117. The Labute approximate surface area is 285 Å². The number of esters is 3. The van der Waals surface area contributed by atoms with Crippen LogP contribution in [0.4, 0.5) is 0 Å². The van der Waals surface area contributed by atoms with Crippen LogP contribution >= 0.6 is 0 Å². The smallest absolute Gasteiger partial charge is 0.330 e. The fourth-order valence-electron chi connectivity index (χ4n) is 6.01. The molecule has 0 aliphatic heterocycles. The van der Waals surface area contributed by atoms with Crippen molar-refractivity contribution < 1.29 is 42.8 Å². The van der Waals surface area contributed by atoms with Gasteiger partial charge in [0.1, 0.15) is 44.0 Å². The number of methoxy groups -OCH3 is 1.